The highest BCUT2D eigenvalue weighted by atomic mass is 35.5. The number of thiazole rings is 1. The lowest BCUT2D eigenvalue weighted by atomic mass is 9.86. The van der Waals surface area contributed by atoms with Crippen LogP contribution >= 0.6 is 22.9 Å². The molecule has 12 heteroatoms. The van der Waals surface area contributed by atoms with E-state index in [1.54, 1.807) is 27.8 Å². The van der Waals surface area contributed by atoms with Crippen molar-refractivity contribution in [1.29, 1.82) is 0 Å². The van der Waals surface area contributed by atoms with Gasteiger partial charge in [-0.2, -0.15) is 0 Å². The summed E-state index contributed by atoms with van der Waals surface area (Å²) < 4.78 is 12.5. The number of hydrogen-bond acceptors (Lipinski definition) is 8. The van der Waals surface area contributed by atoms with Crippen molar-refractivity contribution in [1.82, 2.24) is 24.9 Å². The minimum absolute atomic E-state index is 0.0771. The number of nitrogens with one attached hydrogen (secondary N) is 1. The molecule has 10 nitrogen and oxygen atoms in total. The average molecular weight is 641 g/mol. The molecule has 0 spiro atoms. The van der Waals surface area contributed by atoms with Gasteiger partial charge in [-0.3, -0.25) is 9.59 Å². The molecule has 5 aromatic rings. The zero-order chi connectivity index (χ0) is 30.8. The van der Waals surface area contributed by atoms with E-state index >= 15 is 0 Å². The minimum Gasteiger partial charge on any atom is -0.454 e. The summed E-state index contributed by atoms with van der Waals surface area (Å²) in [7, 11) is 0. The molecule has 45 heavy (non-hydrogen) atoms. The molecule has 7 rings (SSSR count). The van der Waals surface area contributed by atoms with Gasteiger partial charge in [0.05, 0.1) is 17.8 Å². The Morgan fingerprint density at radius 2 is 1.91 bits per heavy atom. The number of rotatable bonds is 9. The van der Waals surface area contributed by atoms with E-state index in [1.165, 1.54) is 11.3 Å². The van der Waals surface area contributed by atoms with E-state index in [1.807, 2.05) is 53.9 Å². The number of para-hydroxylation sites is 1. The Hall–Kier alpha value is -4.74. The molecular weight excluding hydrogens is 612 g/mol. The van der Waals surface area contributed by atoms with Gasteiger partial charge in [0, 0.05) is 27.7 Å². The molecule has 2 aliphatic rings. The Kier molecular flexibility index (Phi) is 8.19. The highest BCUT2D eigenvalue weighted by molar-refractivity contribution is 7.09. The molecule has 0 radical (unpaired) electrons. The van der Waals surface area contributed by atoms with Gasteiger partial charge in [0.15, 0.2) is 11.5 Å². The lowest BCUT2D eigenvalue weighted by Crippen LogP contribution is -2.52. The first-order chi connectivity index (χ1) is 22.0. The predicted molar refractivity (Wildman–Crippen MR) is 172 cm³/mol. The van der Waals surface area contributed by atoms with Crippen LogP contribution in [-0.4, -0.2) is 49.5 Å². The molecule has 0 saturated carbocycles. The third-order valence-electron chi connectivity index (χ3n) is 8.02. The van der Waals surface area contributed by atoms with Gasteiger partial charge in [-0.05, 0) is 61.6 Å². The van der Waals surface area contributed by atoms with Gasteiger partial charge in [0.2, 0.25) is 18.6 Å². The summed E-state index contributed by atoms with van der Waals surface area (Å²) in [4.78, 5) is 35.1. The Morgan fingerprint density at radius 3 is 2.76 bits per heavy atom. The van der Waals surface area contributed by atoms with E-state index < -0.39 is 6.04 Å². The molecule has 228 valence electrons. The normalized spacial score (nSPS) is 16.1. The van der Waals surface area contributed by atoms with Crippen LogP contribution in [-0.2, 0) is 22.7 Å². The Labute approximate surface area is 268 Å². The van der Waals surface area contributed by atoms with E-state index in [0.717, 1.165) is 29.6 Å². The summed E-state index contributed by atoms with van der Waals surface area (Å²) >= 11 is 7.55. The zero-order valence-electron chi connectivity index (χ0n) is 24.1. The second-order valence-electron chi connectivity index (χ2n) is 10.9. The van der Waals surface area contributed by atoms with Crippen molar-refractivity contribution in [2.24, 2.45) is 5.92 Å². The Bertz CT molecular complexity index is 1890. The smallest absolute Gasteiger partial charge is 0.247 e. The maximum absolute atomic E-state index is 14.3. The van der Waals surface area contributed by atoms with Crippen LogP contribution in [0.3, 0.4) is 0 Å². The number of allylic oxidation sites excluding steroid dienone is 2. The van der Waals surface area contributed by atoms with Gasteiger partial charge in [0.25, 0.3) is 0 Å². The summed E-state index contributed by atoms with van der Waals surface area (Å²) in [5.74, 6) is 0.554. The molecule has 1 aliphatic heterocycles. The fourth-order valence-electron chi connectivity index (χ4n) is 5.78. The van der Waals surface area contributed by atoms with Crippen LogP contribution in [0.1, 0.15) is 24.3 Å². The number of ether oxygens (including phenoxy) is 2. The van der Waals surface area contributed by atoms with Crippen LogP contribution in [0.4, 0.5) is 5.69 Å². The van der Waals surface area contributed by atoms with Crippen molar-refractivity contribution < 1.29 is 19.1 Å². The molecule has 0 fully saturated rings. The predicted octanol–water partition coefficient (Wildman–Crippen LogP) is 6.33. The molecular formula is C33H29ClN6O4S. The van der Waals surface area contributed by atoms with Gasteiger partial charge in [0.1, 0.15) is 23.1 Å². The number of anilines is 1. The fourth-order valence-corrected chi connectivity index (χ4v) is 6.71. The second kappa shape index (κ2) is 12.7. The van der Waals surface area contributed by atoms with Crippen LogP contribution in [0.2, 0.25) is 5.02 Å². The number of halogens is 1. The number of amides is 2. The lowest BCUT2D eigenvalue weighted by Gasteiger charge is -2.36. The largest absolute Gasteiger partial charge is 0.454 e. The van der Waals surface area contributed by atoms with Crippen LogP contribution in [0, 0.1) is 5.92 Å². The molecule has 1 N–H and O–H groups in total. The number of hydrogen-bond donors (Lipinski definition) is 1. The number of aromatic nitrogens is 4. The third-order valence-corrected chi connectivity index (χ3v) is 9.11. The number of fused-ring (bicyclic) bond motifs is 2. The second-order valence-corrected chi connectivity index (χ2v) is 12.3. The van der Waals surface area contributed by atoms with Gasteiger partial charge in [-0.15, -0.1) is 16.4 Å². The quantitative estimate of drug-likeness (QED) is 0.187. The van der Waals surface area contributed by atoms with Crippen LogP contribution in [0.15, 0.2) is 84.3 Å². The van der Waals surface area contributed by atoms with Crippen LogP contribution in [0.5, 0.6) is 11.5 Å². The number of nitrogens with zero attached hydrogens (tertiary/aromatic N) is 5. The Balaban J connectivity index is 1.23. The van der Waals surface area contributed by atoms with Crippen molar-refractivity contribution in [3.05, 3.63) is 94.3 Å². The van der Waals surface area contributed by atoms with Crippen LogP contribution < -0.4 is 14.8 Å². The number of benzene rings is 3. The van der Waals surface area contributed by atoms with E-state index in [4.69, 9.17) is 26.1 Å². The van der Waals surface area contributed by atoms with Gasteiger partial charge >= 0.3 is 0 Å². The van der Waals surface area contributed by atoms with E-state index in [-0.39, 0.29) is 37.6 Å². The molecule has 2 unspecified atom stereocenters. The summed E-state index contributed by atoms with van der Waals surface area (Å²) in [6.45, 7) is 0.213. The highest BCUT2D eigenvalue weighted by Gasteiger charge is 2.37. The number of carbonyl (C=O) groups is 2. The maximum atomic E-state index is 14.3. The summed E-state index contributed by atoms with van der Waals surface area (Å²) in [6.07, 6.45) is 6.47. The van der Waals surface area contributed by atoms with Crippen molar-refractivity contribution in [2.75, 3.05) is 12.1 Å². The molecule has 2 aromatic heterocycles. The van der Waals surface area contributed by atoms with Gasteiger partial charge in [-0.1, -0.05) is 53.2 Å². The molecule has 3 aromatic carbocycles. The van der Waals surface area contributed by atoms with Crippen molar-refractivity contribution in [3.8, 4) is 22.8 Å². The topological polar surface area (TPSA) is 111 Å². The molecule has 2 amide bonds. The van der Waals surface area contributed by atoms with E-state index in [2.05, 4.69) is 27.8 Å². The lowest BCUT2D eigenvalue weighted by molar-refractivity contribution is -0.142. The third kappa shape index (κ3) is 6.27. The summed E-state index contributed by atoms with van der Waals surface area (Å²) in [6, 6.07) is 19.5. The molecule has 1 aliphatic carbocycles. The summed E-state index contributed by atoms with van der Waals surface area (Å²) in [5.41, 5.74) is 3.70. The zero-order valence-corrected chi connectivity index (χ0v) is 25.7. The standard InChI is InChI=1S/C33H29ClN6O4S/c34-23-12-10-21(11-13-23)26-19-45-30(36-26)17-39(31(41)18-40-27-9-5-4-8-25(27)37-38-40)32(22-6-2-1-3-7-22)33(42)35-24-14-15-28-29(16-24)44-20-43-28/h1-2,4-5,8-16,19,22,32H,3,6-7,17-18,20H2,(H,35,42). The first kappa shape index (κ1) is 29.0. The van der Waals surface area contributed by atoms with Crippen LogP contribution in [0.25, 0.3) is 22.3 Å². The SMILES string of the molecule is O=C(Nc1ccc2c(c1)OCO2)C(C1CC=CCC1)N(Cc1nc(-c2ccc(Cl)cc2)cs1)C(=O)Cn1nnc2ccccc21. The minimum atomic E-state index is -0.773. The number of carbonyl (C=O) groups excluding carboxylic acids is 2. The van der Waals surface area contributed by atoms with Gasteiger partial charge < -0.3 is 19.7 Å². The van der Waals surface area contributed by atoms with Gasteiger partial charge in [-0.25, -0.2) is 9.67 Å². The van der Waals surface area contributed by atoms with E-state index in [0.29, 0.717) is 39.2 Å². The fraction of sp³-hybridized carbons (Fsp3) is 0.242. The molecule has 0 bridgehead atoms. The first-order valence-electron chi connectivity index (χ1n) is 14.7. The molecule has 3 heterocycles. The maximum Gasteiger partial charge on any atom is 0.247 e. The monoisotopic (exact) mass is 640 g/mol. The summed E-state index contributed by atoms with van der Waals surface area (Å²) in [5, 5.41) is 14.8. The molecule has 0 saturated heterocycles. The van der Waals surface area contributed by atoms with Crippen molar-refractivity contribution >= 4 is 51.5 Å². The van der Waals surface area contributed by atoms with E-state index in [9.17, 15) is 9.59 Å². The first-order valence-corrected chi connectivity index (χ1v) is 15.9. The van der Waals surface area contributed by atoms with Crippen molar-refractivity contribution in [3.63, 3.8) is 0 Å². The molecule has 2 atom stereocenters. The Morgan fingerprint density at radius 1 is 1.07 bits per heavy atom. The highest BCUT2D eigenvalue weighted by Crippen LogP contribution is 2.35. The van der Waals surface area contributed by atoms with Crippen molar-refractivity contribution in [2.45, 2.75) is 38.4 Å². The average Bonchev–Trinajstić information content (AvgIpc) is 3.82.